The van der Waals surface area contributed by atoms with Gasteiger partial charge in [-0.3, -0.25) is 0 Å². The topological polar surface area (TPSA) is 21.3 Å². The summed E-state index contributed by atoms with van der Waals surface area (Å²) in [5.74, 6) is 0.163. The summed E-state index contributed by atoms with van der Waals surface area (Å²) in [7, 11) is 0. The molecule has 0 saturated heterocycles. The average molecular weight is 312 g/mol. The molecule has 0 fully saturated rings. The van der Waals surface area contributed by atoms with Crippen LogP contribution in [0, 0.1) is 6.92 Å². The molecule has 0 amide bonds. The van der Waals surface area contributed by atoms with E-state index >= 15 is 0 Å². The summed E-state index contributed by atoms with van der Waals surface area (Å²) in [6, 6.07) is 12.1. The van der Waals surface area contributed by atoms with E-state index in [0.717, 1.165) is 11.3 Å². The van der Waals surface area contributed by atoms with Crippen molar-refractivity contribution in [3.05, 3.63) is 58.6 Å². The van der Waals surface area contributed by atoms with Crippen molar-refractivity contribution in [2.24, 2.45) is 0 Å². The normalized spacial score (nSPS) is 12.3. The Morgan fingerprint density at radius 2 is 1.86 bits per heavy atom. The van der Waals surface area contributed by atoms with Gasteiger partial charge < -0.3 is 10.1 Å². The van der Waals surface area contributed by atoms with Crippen LogP contribution in [-0.4, -0.2) is 6.61 Å². The van der Waals surface area contributed by atoms with Crippen LogP contribution in [0.15, 0.2) is 42.5 Å². The largest absolute Gasteiger partial charge is 0.434 e. The number of hydrogen-bond acceptors (Lipinski definition) is 2. The minimum absolute atomic E-state index is 0.163. The van der Waals surface area contributed by atoms with E-state index in [2.05, 4.69) is 10.1 Å². The minimum atomic E-state index is -2.85. The number of benzene rings is 2. The monoisotopic (exact) mass is 311 g/mol. The fourth-order valence-corrected chi connectivity index (χ4v) is 2.27. The number of alkyl halides is 2. The highest BCUT2D eigenvalue weighted by atomic mass is 35.5. The van der Waals surface area contributed by atoms with Gasteiger partial charge in [0.05, 0.1) is 16.8 Å². The van der Waals surface area contributed by atoms with Gasteiger partial charge in [0, 0.05) is 5.56 Å². The molecule has 1 unspecified atom stereocenters. The number of rotatable bonds is 5. The molecule has 1 atom stereocenters. The molecular weight excluding hydrogens is 296 g/mol. The predicted molar refractivity (Wildman–Crippen MR) is 81.3 cm³/mol. The molecule has 2 aromatic carbocycles. The molecule has 0 saturated carbocycles. The first-order valence-corrected chi connectivity index (χ1v) is 6.91. The van der Waals surface area contributed by atoms with Crippen LogP contribution in [0.4, 0.5) is 14.5 Å². The van der Waals surface area contributed by atoms with E-state index in [1.807, 2.05) is 26.0 Å². The lowest BCUT2D eigenvalue weighted by atomic mass is 10.1. The first kappa shape index (κ1) is 15.6. The quantitative estimate of drug-likeness (QED) is 0.795. The maximum absolute atomic E-state index is 12.4. The van der Waals surface area contributed by atoms with Crippen LogP contribution >= 0.6 is 11.6 Å². The van der Waals surface area contributed by atoms with Gasteiger partial charge in [-0.2, -0.15) is 8.78 Å². The second-order valence-corrected chi connectivity index (χ2v) is 5.17. The van der Waals surface area contributed by atoms with Crippen molar-refractivity contribution < 1.29 is 13.5 Å². The van der Waals surface area contributed by atoms with Gasteiger partial charge in [0.15, 0.2) is 0 Å². The fourth-order valence-electron chi connectivity index (χ4n) is 2.10. The van der Waals surface area contributed by atoms with Gasteiger partial charge in [0.25, 0.3) is 0 Å². The SMILES string of the molecule is Cc1ccc(Cl)c(NC(C)c2ccccc2OC(F)F)c1. The molecule has 0 spiro atoms. The molecule has 0 radical (unpaired) electrons. The third-order valence-electron chi connectivity index (χ3n) is 3.10. The molecule has 0 aliphatic carbocycles. The molecule has 2 rings (SSSR count). The Labute approximate surface area is 127 Å². The van der Waals surface area contributed by atoms with Crippen molar-refractivity contribution in [3.8, 4) is 5.75 Å². The zero-order chi connectivity index (χ0) is 15.4. The van der Waals surface area contributed by atoms with Crippen LogP contribution < -0.4 is 10.1 Å². The lowest BCUT2D eigenvalue weighted by Crippen LogP contribution is -2.11. The molecule has 2 nitrogen and oxygen atoms in total. The highest BCUT2D eigenvalue weighted by Crippen LogP contribution is 2.31. The number of nitrogens with one attached hydrogen (secondary N) is 1. The van der Waals surface area contributed by atoms with Crippen LogP contribution in [0.5, 0.6) is 5.75 Å². The van der Waals surface area contributed by atoms with E-state index in [4.69, 9.17) is 11.6 Å². The summed E-state index contributed by atoms with van der Waals surface area (Å²) in [4.78, 5) is 0. The fraction of sp³-hybridized carbons (Fsp3) is 0.250. The molecule has 5 heteroatoms. The number of halogens is 3. The molecule has 1 N–H and O–H groups in total. The van der Waals surface area contributed by atoms with Crippen LogP contribution in [0.1, 0.15) is 24.1 Å². The highest BCUT2D eigenvalue weighted by Gasteiger charge is 2.15. The van der Waals surface area contributed by atoms with Crippen molar-refractivity contribution in [1.29, 1.82) is 0 Å². The van der Waals surface area contributed by atoms with Crippen molar-refractivity contribution >= 4 is 17.3 Å². The van der Waals surface area contributed by atoms with E-state index in [1.165, 1.54) is 6.07 Å². The Morgan fingerprint density at radius 3 is 2.57 bits per heavy atom. The van der Waals surface area contributed by atoms with Crippen molar-refractivity contribution in [3.63, 3.8) is 0 Å². The molecule has 0 heterocycles. The number of hydrogen-bond donors (Lipinski definition) is 1. The van der Waals surface area contributed by atoms with E-state index in [0.29, 0.717) is 10.6 Å². The highest BCUT2D eigenvalue weighted by molar-refractivity contribution is 6.33. The lowest BCUT2D eigenvalue weighted by molar-refractivity contribution is -0.0505. The Hall–Kier alpha value is -1.81. The van der Waals surface area contributed by atoms with Crippen molar-refractivity contribution in [2.45, 2.75) is 26.5 Å². The maximum atomic E-state index is 12.4. The number of anilines is 1. The number of para-hydroxylation sites is 1. The maximum Gasteiger partial charge on any atom is 0.387 e. The second-order valence-electron chi connectivity index (χ2n) is 4.77. The molecule has 112 valence electrons. The van der Waals surface area contributed by atoms with Gasteiger partial charge >= 0.3 is 6.61 Å². The standard InChI is InChI=1S/C16H16ClF2NO/c1-10-7-8-13(17)14(9-10)20-11(2)12-5-3-4-6-15(12)21-16(18)19/h3-9,11,16,20H,1-2H3. The number of aryl methyl sites for hydroxylation is 1. The van der Waals surface area contributed by atoms with E-state index in [-0.39, 0.29) is 11.8 Å². The Bertz CT molecular complexity index is 619. The first-order chi connectivity index (χ1) is 9.97. The first-order valence-electron chi connectivity index (χ1n) is 6.54. The van der Waals surface area contributed by atoms with Gasteiger partial charge in [-0.15, -0.1) is 0 Å². The second kappa shape index (κ2) is 6.76. The van der Waals surface area contributed by atoms with E-state index in [1.54, 1.807) is 24.3 Å². The van der Waals surface area contributed by atoms with Gasteiger partial charge in [0.2, 0.25) is 0 Å². The molecular formula is C16H16ClF2NO. The van der Waals surface area contributed by atoms with Crippen LogP contribution in [0.25, 0.3) is 0 Å². The lowest BCUT2D eigenvalue weighted by Gasteiger charge is -2.20. The van der Waals surface area contributed by atoms with E-state index in [9.17, 15) is 8.78 Å². The molecule has 0 aromatic heterocycles. The summed E-state index contributed by atoms with van der Waals surface area (Å²) in [5.41, 5.74) is 2.47. The Balaban J connectivity index is 2.24. The summed E-state index contributed by atoms with van der Waals surface area (Å²) >= 11 is 6.14. The van der Waals surface area contributed by atoms with Gasteiger partial charge in [0.1, 0.15) is 5.75 Å². The zero-order valence-electron chi connectivity index (χ0n) is 11.7. The Kier molecular flexibility index (Phi) is 5.02. The van der Waals surface area contributed by atoms with Gasteiger partial charge in [-0.05, 0) is 37.6 Å². The van der Waals surface area contributed by atoms with Crippen molar-refractivity contribution in [2.75, 3.05) is 5.32 Å². The number of ether oxygens (including phenoxy) is 1. The Morgan fingerprint density at radius 1 is 1.14 bits per heavy atom. The molecule has 0 aliphatic heterocycles. The van der Waals surface area contributed by atoms with Crippen molar-refractivity contribution in [1.82, 2.24) is 0 Å². The smallest absolute Gasteiger partial charge is 0.387 e. The summed E-state index contributed by atoms with van der Waals surface area (Å²) in [6.45, 7) is 0.979. The summed E-state index contributed by atoms with van der Waals surface area (Å²) in [5, 5.41) is 3.81. The predicted octanol–water partition coefficient (Wildman–Crippen LogP) is 5.42. The molecule has 2 aromatic rings. The molecule has 0 bridgehead atoms. The third kappa shape index (κ3) is 4.08. The van der Waals surface area contributed by atoms with E-state index < -0.39 is 6.61 Å². The van der Waals surface area contributed by atoms with Crippen LogP contribution in [-0.2, 0) is 0 Å². The van der Waals surface area contributed by atoms with Crippen LogP contribution in [0.3, 0.4) is 0 Å². The summed E-state index contributed by atoms with van der Waals surface area (Å²) in [6.07, 6.45) is 0. The minimum Gasteiger partial charge on any atom is -0.434 e. The zero-order valence-corrected chi connectivity index (χ0v) is 12.5. The van der Waals surface area contributed by atoms with Crippen LogP contribution in [0.2, 0.25) is 5.02 Å². The average Bonchev–Trinajstić information content (AvgIpc) is 2.42. The molecule has 0 aliphatic rings. The third-order valence-corrected chi connectivity index (χ3v) is 3.43. The summed E-state index contributed by atoms with van der Waals surface area (Å²) < 4.78 is 29.4. The van der Waals surface area contributed by atoms with Gasteiger partial charge in [-0.25, -0.2) is 0 Å². The molecule has 21 heavy (non-hydrogen) atoms. The van der Waals surface area contributed by atoms with Gasteiger partial charge in [-0.1, -0.05) is 35.9 Å².